The van der Waals surface area contributed by atoms with Crippen LogP contribution in [0.2, 0.25) is 0 Å². The summed E-state index contributed by atoms with van der Waals surface area (Å²) < 4.78 is 6.19. The Hall–Kier alpha value is -1.14. The molecule has 1 aromatic rings. The van der Waals surface area contributed by atoms with Crippen LogP contribution in [0, 0.1) is 10.1 Å². The van der Waals surface area contributed by atoms with Gasteiger partial charge in [-0.25, -0.2) is 0 Å². The van der Waals surface area contributed by atoms with Crippen LogP contribution in [0.3, 0.4) is 0 Å². The summed E-state index contributed by atoms with van der Waals surface area (Å²) in [6, 6.07) is 5.12. The summed E-state index contributed by atoms with van der Waals surface area (Å²) in [7, 11) is 0. The molecule has 0 bridgehead atoms. The van der Waals surface area contributed by atoms with Crippen molar-refractivity contribution >= 4 is 21.6 Å². The van der Waals surface area contributed by atoms with Crippen molar-refractivity contribution in [3.63, 3.8) is 0 Å². The minimum atomic E-state index is -0.428. The van der Waals surface area contributed by atoms with Crippen LogP contribution in [0.4, 0.5) is 5.69 Å². The Balaban J connectivity index is 2.06. The molecule has 1 atom stereocenters. The number of rotatable bonds is 4. The van der Waals surface area contributed by atoms with Crippen LogP contribution in [-0.4, -0.2) is 24.1 Å². The number of ether oxygens (including phenoxy) is 1. The quantitative estimate of drug-likeness (QED) is 0.685. The maximum Gasteiger partial charge on any atom is 0.312 e. The van der Waals surface area contributed by atoms with Gasteiger partial charge in [0.25, 0.3) is 0 Å². The highest BCUT2D eigenvalue weighted by molar-refractivity contribution is 9.10. The average molecular weight is 301 g/mol. The van der Waals surface area contributed by atoms with Gasteiger partial charge < -0.3 is 10.1 Å². The van der Waals surface area contributed by atoms with Crippen LogP contribution < -0.4 is 10.1 Å². The molecule has 17 heavy (non-hydrogen) atoms. The van der Waals surface area contributed by atoms with Gasteiger partial charge >= 0.3 is 5.69 Å². The van der Waals surface area contributed by atoms with Crippen molar-refractivity contribution < 1.29 is 9.66 Å². The van der Waals surface area contributed by atoms with Gasteiger partial charge in [0.2, 0.25) is 0 Å². The molecule has 0 aliphatic carbocycles. The van der Waals surface area contributed by atoms with Gasteiger partial charge in [-0.05, 0) is 31.5 Å². The van der Waals surface area contributed by atoms with E-state index in [0.717, 1.165) is 19.4 Å². The fourth-order valence-electron chi connectivity index (χ4n) is 1.84. The molecule has 0 saturated carbocycles. The predicted molar refractivity (Wildman–Crippen MR) is 67.3 cm³/mol. The standard InChI is InChI=1S/C11H13BrN2O3/c12-8-3-4-11(10(6-8)14(15)16)17-7-9-2-1-5-13-9/h3-4,6,9,13H,1-2,5,7H2/t9-/m0/s1. The lowest BCUT2D eigenvalue weighted by atomic mass is 10.2. The number of nitro groups is 1. The van der Waals surface area contributed by atoms with Crippen LogP contribution in [0.1, 0.15) is 12.8 Å². The van der Waals surface area contributed by atoms with Crippen molar-refractivity contribution in [3.8, 4) is 5.75 Å². The second kappa shape index (κ2) is 5.46. The number of nitro benzene ring substituents is 1. The van der Waals surface area contributed by atoms with Crippen molar-refractivity contribution in [1.29, 1.82) is 0 Å². The molecule has 1 fully saturated rings. The van der Waals surface area contributed by atoms with Gasteiger partial charge in [0, 0.05) is 16.6 Å². The summed E-state index contributed by atoms with van der Waals surface area (Å²) in [4.78, 5) is 10.4. The van der Waals surface area contributed by atoms with Crippen molar-refractivity contribution in [2.45, 2.75) is 18.9 Å². The van der Waals surface area contributed by atoms with E-state index in [1.54, 1.807) is 12.1 Å². The highest BCUT2D eigenvalue weighted by Gasteiger charge is 2.19. The monoisotopic (exact) mass is 300 g/mol. The largest absolute Gasteiger partial charge is 0.485 e. The molecule has 0 unspecified atom stereocenters. The van der Waals surface area contributed by atoms with Gasteiger partial charge in [0.05, 0.1) is 4.92 Å². The van der Waals surface area contributed by atoms with Crippen molar-refractivity contribution in [2.75, 3.05) is 13.2 Å². The minimum absolute atomic E-state index is 0.00243. The highest BCUT2D eigenvalue weighted by Crippen LogP contribution is 2.30. The zero-order chi connectivity index (χ0) is 12.3. The van der Waals surface area contributed by atoms with Crippen molar-refractivity contribution in [1.82, 2.24) is 5.32 Å². The lowest BCUT2D eigenvalue weighted by molar-refractivity contribution is -0.386. The maximum atomic E-state index is 10.9. The third kappa shape index (κ3) is 3.17. The van der Waals surface area contributed by atoms with Gasteiger partial charge in [-0.2, -0.15) is 0 Å². The van der Waals surface area contributed by atoms with Crippen LogP contribution in [-0.2, 0) is 0 Å². The Labute approximate surface area is 107 Å². The Kier molecular flexibility index (Phi) is 3.96. The molecule has 1 aliphatic heterocycles. The second-order valence-electron chi connectivity index (χ2n) is 3.97. The molecular formula is C11H13BrN2O3. The molecule has 1 saturated heterocycles. The van der Waals surface area contributed by atoms with Crippen LogP contribution in [0.25, 0.3) is 0 Å². The summed E-state index contributed by atoms with van der Waals surface area (Å²) in [5.74, 6) is 0.326. The molecule has 5 nitrogen and oxygen atoms in total. The number of nitrogens with one attached hydrogen (secondary N) is 1. The first-order chi connectivity index (χ1) is 8.16. The van der Waals surface area contributed by atoms with E-state index in [9.17, 15) is 10.1 Å². The zero-order valence-corrected chi connectivity index (χ0v) is 10.8. The molecule has 0 spiro atoms. The van der Waals surface area contributed by atoms with E-state index >= 15 is 0 Å². The molecule has 1 heterocycles. The maximum absolute atomic E-state index is 10.9. The number of benzene rings is 1. The normalized spacial score (nSPS) is 19.2. The summed E-state index contributed by atoms with van der Waals surface area (Å²) >= 11 is 3.21. The first-order valence-electron chi connectivity index (χ1n) is 5.47. The molecule has 6 heteroatoms. The summed E-state index contributed by atoms with van der Waals surface area (Å²) in [6.07, 6.45) is 2.20. The first-order valence-corrected chi connectivity index (χ1v) is 6.26. The van der Waals surface area contributed by atoms with E-state index in [-0.39, 0.29) is 5.69 Å². The molecular weight excluding hydrogens is 288 g/mol. The Morgan fingerprint density at radius 1 is 1.59 bits per heavy atom. The summed E-state index contributed by atoms with van der Waals surface area (Å²) in [5.41, 5.74) is -0.00243. The van der Waals surface area contributed by atoms with E-state index < -0.39 is 4.92 Å². The topological polar surface area (TPSA) is 64.4 Å². The van der Waals surface area contributed by atoms with Gasteiger partial charge in [-0.15, -0.1) is 0 Å². The van der Waals surface area contributed by atoms with Crippen LogP contribution in [0.15, 0.2) is 22.7 Å². The van der Waals surface area contributed by atoms with E-state index in [0.29, 0.717) is 22.9 Å². The van der Waals surface area contributed by atoms with Crippen LogP contribution in [0.5, 0.6) is 5.75 Å². The van der Waals surface area contributed by atoms with Gasteiger partial charge in [0.1, 0.15) is 6.61 Å². The molecule has 0 radical (unpaired) electrons. The zero-order valence-electron chi connectivity index (χ0n) is 9.19. The molecule has 1 aliphatic rings. The molecule has 0 amide bonds. The van der Waals surface area contributed by atoms with Gasteiger partial charge in [-0.3, -0.25) is 10.1 Å². The highest BCUT2D eigenvalue weighted by atomic mass is 79.9. The van der Waals surface area contributed by atoms with E-state index in [1.165, 1.54) is 6.07 Å². The predicted octanol–water partition coefficient (Wildman–Crippen LogP) is 2.49. The summed E-state index contributed by atoms with van der Waals surface area (Å²) in [5, 5.41) is 14.1. The molecule has 2 rings (SSSR count). The van der Waals surface area contributed by atoms with E-state index in [4.69, 9.17) is 4.74 Å². The van der Waals surface area contributed by atoms with Crippen molar-refractivity contribution in [2.24, 2.45) is 0 Å². The minimum Gasteiger partial charge on any atom is -0.485 e. The SMILES string of the molecule is O=[N+]([O-])c1cc(Br)ccc1OC[C@@H]1CCCN1. The lowest BCUT2D eigenvalue weighted by Gasteiger charge is -2.12. The third-order valence-electron chi connectivity index (χ3n) is 2.72. The van der Waals surface area contributed by atoms with Gasteiger partial charge in [-0.1, -0.05) is 15.9 Å². The fraction of sp³-hybridized carbons (Fsp3) is 0.455. The van der Waals surface area contributed by atoms with Crippen molar-refractivity contribution in [3.05, 3.63) is 32.8 Å². The lowest BCUT2D eigenvalue weighted by Crippen LogP contribution is -2.28. The third-order valence-corrected chi connectivity index (χ3v) is 3.21. The van der Waals surface area contributed by atoms with Gasteiger partial charge in [0.15, 0.2) is 5.75 Å². The number of nitrogens with zero attached hydrogens (tertiary/aromatic N) is 1. The fourth-order valence-corrected chi connectivity index (χ4v) is 2.19. The van der Waals surface area contributed by atoms with E-state index in [1.807, 2.05) is 0 Å². The van der Waals surface area contributed by atoms with E-state index in [2.05, 4.69) is 21.2 Å². The number of halogens is 1. The van der Waals surface area contributed by atoms with Crippen LogP contribution >= 0.6 is 15.9 Å². The average Bonchev–Trinajstić information content (AvgIpc) is 2.80. The summed E-state index contributed by atoms with van der Waals surface area (Å²) in [6.45, 7) is 1.47. The molecule has 92 valence electrons. The Morgan fingerprint density at radius 3 is 3.06 bits per heavy atom. The smallest absolute Gasteiger partial charge is 0.312 e. The molecule has 1 N–H and O–H groups in total. The molecule has 1 aromatic carbocycles. The Morgan fingerprint density at radius 2 is 2.41 bits per heavy atom. The molecule has 0 aromatic heterocycles. The number of hydrogen-bond acceptors (Lipinski definition) is 4. The number of hydrogen-bond donors (Lipinski definition) is 1. The Bertz CT molecular complexity index is 419. The second-order valence-corrected chi connectivity index (χ2v) is 4.89. The first kappa shape index (κ1) is 12.3.